The molecular formula is C21H21F2NO3. The lowest BCUT2D eigenvalue weighted by Crippen LogP contribution is -2.31. The van der Waals surface area contributed by atoms with Crippen molar-refractivity contribution < 1.29 is 23.1 Å². The smallest absolute Gasteiger partial charge is 0.338 e. The topological polar surface area (TPSA) is 55.4 Å². The Morgan fingerprint density at radius 2 is 1.78 bits per heavy atom. The zero-order valence-electron chi connectivity index (χ0n) is 15.1. The van der Waals surface area contributed by atoms with Gasteiger partial charge in [-0.1, -0.05) is 18.2 Å². The van der Waals surface area contributed by atoms with Crippen LogP contribution in [0.3, 0.4) is 0 Å². The van der Waals surface area contributed by atoms with Gasteiger partial charge >= 0.3 is 5.97 Å². The summed E-state index contributed by atoms with van der Waals surface area (Å²) in [6.07, 6.45) is 4.53. The molecule has 142 valence electrons. The fourth-order valence-corrected chi connectivity index (χ4v) is 3.23. The predicted molar refractivity (Wildman–Crippen MR) is 96.3 cm³/mol. The van der Waals surface area contributed by atoms with Gasteiger partial charge in [0.2, 0.25) is 0 Å². The SMILES string of the molecule is CC(NC(=O)COC(=O)c1ccc(F)c(F)c1)c1ccc2c(c1)CCCC2. The van der Waals surface area contributed by atoms with E-state index in [0.29, 0.717) is 0 Å². The number of aryl methyl sites for hydroxylation is 2. The van der Waals surface area contributed by atoms with Crippen LogP contribution in [0.5, 0.6) is 0 Å². The number of fused-ring (bicyclic) bond motifs is 1. The third kappa shape index (κ3) is 4.70. The number of carbonyl (C=O) groups is 2. The number of rotatable bonds is 5. The van der Waals surface area contributed by atoms with Crippen LogP contribution in [0.2, 0.25) is 0 Å². The Hall–Kier alpha value is -2.76. The number of esters is 1. The standard InChI is InChI=1S/C21H21F2NO3/c1-13(15-7-6-14-4-2-3-5-16(14)10-15)24-20(25)12-27-21(26)17-8-9-18(22)19(23)11-17/h6-11,13H,2-5,12H2,1H3,(H,24,25). The molecule has 4 nitrogen and oxygen atoms in total. The second-order valence-corrected chi connectivity index (χ2v) is 6.73. The van der Waals surface area contributed by atoms with Crippen LogP contribution in [0, 0.1) is 11.6 Å². The molecule has 0 radical (unpaired) electrons. The van der Waals surface area contributed by atoms with Crippen molar-refractivity contribution in [2.45, 2.75) is 38.6 Å². The molecule has 0 saturated heterocycles. The molecule has 0 fully saturated rings. The van der Waals surface area contributed by atoms with Crippen molar-refractivity contribution in [2.75, 3.05) is 6.61 Å². The Labute approximate surface area is 156 Å². The van der Waals surface area contributed by atoms with E-state index >= 15 is 0 Å². The predicted octanol–water partition coefficient (Wildman–Crippen LogP) is 3.88. The maximum atomic E-state index is 13.2. The second kappa shape index (κ2) is 8.29. The monoisotopic (exact) mass is 373 g/mol. The molecule has 0 spiro atoms. The van der Waals surface area contributed by atoms with Gasteiger partial charge in [-0.15, -0.1) is 0 Å². The molecule has 27 heavy (non-hydrogen) atoms. The molecule has 0 bridgehead atoms. The third-order valence-electron chi connectivity index (χ3n) is 4.74. The highest BCUT2D eigenvalue weighted by Crippen LogP contribution is 2.24. The van der Waals surface area contributed by atoms with E-state index in [0.717, 1.165) is 36.6 Å². The Balaban J connectivity index is 1.54. The van der Waals surface area contributed by atoms with Crippen LogP contribution < -0.4 is 5.32 Å². The molecule has 0 heterocycles. The Morgan fingerprint density at radius 3 is 2.52 bits per heavy atom. The van der Waals surface area contributed by atoms with E-state index in [1.807, 2.05) is 13.0 Å². The summed E-state index contributed by atoms with van der Waals surface area (Å²) in [4.78, 5) is 23.9. The van der Waals surface area contributed by atoms with E-state index < -0.39 is 30.1 Å². The van der Waals surface area contributed by atoms with Gasteiger partial charge in [0, 0.05) is 0 Å². The Morgan fingerprint density at radius 1 is 1.04 bits per heavy atom. The summed E-state index contributed by atoms with van der Waals surface area (Å²) in [6, 6.07) is 8.68. The Bertz CT molecular complexity index is 867. The third-order valence-corrected chi connectivity index (χ3v) is 4.74. The fraction of sp³-hybridized carbons (Fsp3) is 0.333. The van der Waals surface area contributed by atoms with Crippen molar-refractivity contribution >= 4 is 11.9 Å². The van der Waals surface area contributed by atoms with Crippen molar-refractivity contribution in [1.82, 2.24) is 5.32 Å². The van der Waals surface area contributed by atoms with E-state index in [1.54, 1.807) is 0 Å². The summed E-state index contributed by atoms with van der Waals surface area (Å²) >= 11 is 0. The maximum absolute atomic E-state index is 13.2. The fourth-order valence-electron chi connectivity index (χ4n) is 3.23. The Kier molecular flexibility index (Phi) is 5.84. The molecule has 1 amide bonds. The lowest BCUT2D eigenvalue weighted by Gasteiger charge is -2.20. The molecular weight excluding hydrogens is 352 g/mol. The van der Waals surface area contributed by atoms with Crippen LogP contribution in [0.1, 0.15) is 52.9 Å². The molecule has 0 aromatic heterocycles. The van der Waals surface area contributed by atoms with Gasteiger partial charge in [-0.05, 0) is 67.5 Å². The van der Waals surface area contributed by atoms with Crippen LogP contribution >= 0.6 is 0 Å². The molecule has 1 N–H and O–H groups in total. The van der Waals surface area contributed by atoms with Crippen molar-refractivity contribution in [2.24, 2.45) is 0 Å². The van der Waals surface area contributed by atoms with Crippen molar-refractivity contribution in [1.29, 1.82) is 0 Å². The molecule has 1 aliphatic rings. The van der Waals surface area contributed by atoms with Gasteiger partial charge in [0.1, 0.15) is 0 Å². The quantitative estimate of drug-likeness (QED) is 0.810. The first-order chi connectivity index (χ1) is 12.9. The van der Waals surface area contributed by atoms with E-state index in [4.69, 9.17) is 4.74 Å². The largest absolute Gasteiger partial charge is 0.452 e. The summed E-state index contributed by atoms with van der Waals surface area (Å²) in [5.41, 5.74) is 3.54. The second-order valence-electron chi connectivity index (χ2n) is 6.73. The molecule has 0 aliphatic heterocycles. The first-order valence-corrected chi connectivity index (χ1v) is 8.97. The van der Waals surface area contributed by atoms with Crippen molar-refractivity contribution in [3.05, 3.63) is 70.3 Å². The average molecular weight is 373 g/mol. The molecule has 2 aromatic carbocycles. The highest BCUT2D eigenvalue weighted by Gasteiger charge is 2.16. The summed E-state index contributed by atoms with van der Waals surface area (Å²) < 4.78 is 30.9. The van der Waals surface area contributed by atoms with Crippen molar-refractivity contribution in [3.8, 4) is 0 Å². The summed E-state index contributed by atoms with van der Waals surface area (Å²) in [5.74, 6) is -3.54. The van der Waals surface area contributed by atoms with Gasteiger partial charge in [-0.3, -0.25) is 4.79 Å². The van der Waals surface area contributed by atoms with Gasteiger partial charge in [0.05, 0.1) is 11.6 Å². The minimum absolute atomic E-state index is 0.149. The molecule has 1 atom stereocenters. The first-order valence-electron chi connectivity index (χ1n) is 8.97. The molecule has 1 aliphatic carbocycles. The number of nitrogens with one attached hydrogen (secondary N) is 1. The minimum atomic E-state index is -1.14. The normalized spacial score (nSPS) is 14.2. The molecule has 0 saturated carbocycles. The van der Waals surface area contributed by atoms with Gasteiger partial charge < -0.3 is 10.1 Å². The van der Waals surface area contributed by atoms with Crippen LogP contribution in [0.15, 0.2) is 36.4 Å². The number of ether oxygens (including phenoxy) is 1. The van der Waals surface area contributed by atoms with Gasteiger partial charge in [-0.2, -0.15) is 0 Å². The van der Waals surface area contributed by atoms with E-state index in [9.17, 15) is 18.4 Å². The van der Waals surface area contributed by atoms with E-state index in [1.165, 1.54) is 24.0 Å². The molecule has 2 aromatic rings. The first kappa shape index (κ1) is 19.0. The van der Waals surface area contributed by atoms with Crippen LogP contribution in [-0.4, -0.2) is 18.5 Å². The van der Waals surface area contributed by atoms with Crippen LogP contribution in [-0.2, 0) is 22.4 Å². The number of carbonyl (C=O) groups excluding carboxylic acids is 2. The molecule has 1 unspecified atom stereocenters. The molecule has 6 heteroatoms. The number of hydrogen-bond acceptors (Lipinski definition) is 3. The number of amides is 1. The summed E-state index contributed by atoms with van der Waals surface area (Å²) in [5, 5.41) is 2.78. The number of hydrogen-bond donors (Lipinski definition) is 1. The summed E-state index contributed by atoms with van der Waals surface area (Å²) in [6.45, 7) is 1.37. The highest BCUT2D eigenvalue weighted by molar-refractivity contribution is 5.91. The zero-order valence-corrected chi connectivity index (χ0v) is 15.1. The maximum Gasteiger partial charge on any atom is 0.338 e. The van der Waals surface area contributed by atoms with Crippen LogP contribution in [0.25, 0.3) is 0 Å². The van der Waals surface area contributed by atoms with E-state index in [-0.39, 0.29) is 11.6 Å². The van der Waals surface area contributed by atoms with Gasteiger partial charge in [-0.25, -0.2) is 13.6 Å². The summed E-state index contributed by atoms with van der Waals surface area (Å²) in [7, 11) is 0. The zero-order chi connectivity index (χ0) is 19.4. The lowest BCUT2D eigenvalue weighted by molar-refractivity contribution is -0.124. The molecule has 3 rings (SSSR count). The number of halogens is 2. The lowest BCUT2D eigenvalue weighted by atomic mass is 9.89. The van der Waals surface area contributed by atoms with Gasteiger partial charge in [0.25, 0.3) is 5.91 Å². The van der Waals surface area contributed by atoms with Crippen LogP contribution in [0.4, 0.5) is 8.78 Å². The number of benzene rings is 2. The highest BCUT2D eigenvalue weighted by atomic mass is 19.2. The average Bonchev–Trinajstić information content (AvgIpc) is 2.67. The minimum Gasteiger partial charge on any atom is -0.452 e. The van der Waals surface area contributed by atoms with Crippen molar-refractivity contribution in [3.63, 3.8) is 0 Å². The van der Waals surface area contributed by atoms with Gasteiger partial charge in [0.15, 0.2) is 18.2 Å². The van der Waals surface area contributed by atoms with E-state index in [2.05, 4.69) is 17.4 Å².